The van der Waals surface area contributed by atoms with E-state index in [1.807, 2.05) is 0 Å². The molecule has 0 fully saturated rings. The second-order valence-corrected chi connectivity index (χ2v) is 6.40. The molecule has 0 aliphatic rings. The Labute approximate surface area is 124 Å². The van der Waals surface area contributed by atoms with Crippen molar-refractivity contribution in [3.05, 3.63) is 29.6 Å². The second-order valence-electron chi connectivity index (χ2n) is 4.54. The normalized spacial score (nSPS) is 11.6. The highest BCUT2D eigenvalue weighted by molar-refractivity contribution is 7.89. The lowest BCUT2D eigenvalue weighted by Gasteiger charge is -2.25. The molecule has 0 heterocycles. The van der Waals surface area contributed by atoms with Gasteiger partial charge in [-0.2, -0.15) is 4.31 Å². The summed E-state index contributed by atoms with van der Waals surface area (Å²) in [4.78, 5) is -0.459. The molecule has 0 aliphatic carbocycles. The number of benzene rings is 1. The number of halogens is 1. The average molecular weight is 315 g/mol. The summed E-state index contributed by atoms with van der Waals surface area (Å²) >= 11 is 0. The van der Waals surface area contributed by atoms with Crippen molar-refractivity contribution in [1.82, 2.24) is 4.31 Å². The minimum atomic E-state index is -4.03. The maximum atomic E-state index is 14.0. The number of hydrogen-bond donors (Lipinski definition) is 2. The van der Waals surface area contributed by atoms with Crippen molar-refractivity contribution in [2.75, 3.05) is 19.8 Å². The zero-order valence-electron chi connectivity index (χ0n) is 11.9. The maximum absolute atomic E-state index is 14.0. The lowest BCUT2D eigenvalue weighted by atomic mass is 10.2. The standard InChI is InChI=1S/C14H18FNO4S/c1-11(2)16(7-9-18)21(19,20)14-6-5-12(4-3-8-17)10-13(14)15/h5-6,10-11,17-18H,7-9H2,1-2H3. The van der Waals surface area contributed by atoms with Crippen LogP contribution in [-0.2, 0) is 10.0 Å². The van der Waals surface area contributed by atoms with Crippen molar-refractivity contribution >= 4 is 10.0 Å². The van der Waals surface area contributed by atoms with E-state index >= 15 is 0 Å². The predicted octanol–water partition coefficient (Wildman–Crippen LogP) is 0.561. The van der Waals surface area contributed by atoms with E-state index in [9.17, 15) is 12.8 Å². The second kappa shape index (κ2) is 7.52. The SMILES string of the molecule is CC(C)N(CCO)S(=O)(=O)c1ccc(C#CCO)cc1F. The summed E-state index contributed by atoms with van der Waals surface area (Å²) in [5.41, 5.74) is 0.277. The Balaban J connectivity index is 3.25. The van der Waals surface area contributed by atoms with Crippen LogP contribution in [0.5, 0.6) is 0 Å². The molecule has 116 valence electrons. The van der Waals surface area contributed by atoms with Crippen molar-refractivity contribution in [3.63, 3.8) is 0 Å². The molecule has 0 spiro atoms. The molecule has 0 saturated carbocycles. The fraction of sp³-hybridized carbons (Fsp3) is 0.429. The minimum absolute atomic E-state index is 0.106. The molecule has 5 nitrogen and oxygen atoms in total. The van der Waals surface area contributed by atoms with E-state index in [-0.39, 0.29) is 25.3 Å². The molecule has 2 N–H and O–H groups in total. The van der Waals surface area contributed by atoms with Gasteiger partial charge in [0.1, 0.15) is 17.3 Å². The molecule has 21 heavy (non-hydrogen) atoms. The molecule has 0 bridgehead atoms. The van der Waals surface area contributed by atoms with Gasteiger partial charge in [-0.25, -0.2) is 12.8 Å². The summed E-state index contributed by atoms with van der Waals surface area (Å²) in [6, 6.07) is 3.11. The molecule has 0 saturated heterocycles. The Morgan fingerprint density at radius 1 is 1.33 bits per heavy atom. The van der Waals surface area contributed by atoms with Gasteiger partial charge in [0.2, 0.25) is 10.0 Å². The monoisotopic (exact) mass is 315 g/mol. The van der Waals surface area contributed by atoms with E-state index in [2.05, 4.69) is 11.8 Å². The van der Waals surface area contributed by atoms with Gasteiger partial charge in [-0.15, -0.1) is 0 Å². The molecule has 7 heteroatoms. The lowest BCUT2D eigenvalue weighted by molar-refractivity contribution is 0.236. The Morgan fingerprint density at radius 3 is 2.48 bits per heavy atom. The molecule has 0 radical (unpaired) electrons. The fourth-order valence-corrected chi connectivity index (χ4v) is 3.49. The van der Waals surface area contributed by atoms with Crippen LogP contribution in [0.1, 0.15) is 19.4 Å². The van der Waals surface area contributed by atoms with Crippen LogP contribution in [0.2, 0.25) is 0 Å². The quantitative estimate of drug-likeness (QED) is 0.779. The van der Waals surface area contributed by atoms with Crippen LogP contribution in [0.25, 0.3) is 0 Å². The van der Waals surface area contributed by atoms with Crippen molar-refractivity contribution in [2.24, 2.45) is 0 Å². The van der Waals surface area contributed by atoms with Crippen molar-refractivity contribution in [2.45, 2.75) is 24.8 Å². The average Bonchev–Trinajstić information content (AvgIpc) is 2.41. The first-order chi connectivity index (χ1) is 9.84. The van der Waals surface area contributed by atoms with E-state index in [1.54, 1.807) is 13.8 Å². The summed E-state index contributed by atoms with van der Waals surface area (Å²) < 4.78 is 39.9. The number of aliphatic hydroxyl groups excluding tert-OH is 2. The largest absolute Gasteiger partial charge is 0.395 e. The molecule has 1 aromatic carbocycles. The van der Waals surface area contributed by atoms with Crippen molar-refractivity contribution in [3.8, 4) is 11.8 Å². The maximum Gasteiger partial charge on any atom is 0.246 e. The van der Waals surface area contributed by atoms with Crippen LogP contribution in [-0.4, -0.2) is 48.7 Å². The third-order valence-corrected chi connectivity index (χ3v) is 4.84. The number of rotatable bonds is 5. The Bertz CT molecular complexity index is 647. The highest BCUT2D eigenvalue weighted by atomic mass is 32.2. The van der Waals surface area contributed by atoms with Crippen LogP contribution in [0.15, 0.2) is 23.1 Å². The van der Waals surface area contributed by atoms with E-state index in [1.165, 1.54) is 6.07 Å². The van der Waals surface area contributed by atoms with E-state index in [0.29, 0.717) is 0 Å². The molecule has 0 amide bonds. The number of hydrogen-bond acceptors (Lipinski definition) is 4. The number of sulfonamides is 1. The molecular weight excluding hydrogens is 297 g/mol. The highest BCUT2D eigenvalue weighted by Crippen LogP contribution is 2.21. The first-order valence-corrected chi connectivity index (χ1v) is 7.80. The van der Waals surface area contributed by atoms with Crippen molar-refractivity contribution in [1.29, 1.82) is 0 Å². The predicted molar refractivity (Wildman–Crippen MR) is 76.5 cm³/mol. The Hall–Kier alpha value is -1.46. The van der Waals surface area contributed by atoms with Gasteiger partial charge >= 0.3 is 0 Å². The third-order valence-electron chi connectivity index (χ3n) is 2.73. The third kappa shape index (κ3) is 4.25. The Morgan fingerprint density at radius 2 is 2.00 bits per heavy atom. The van der Waals surface area contributed by atoms with Crippen LogP contribution in [0.4, 0.5) is 4.39 Å². The smallest absolute Gasteiger partial charge is 0.246 e. The highest BCUT2D eigenvalue weighted by Gasteiger charge is 2.29. The molecule has 0 aromatic heterocycles. The van der Waals surface area contributed by atoms with Gasteiger partial charge in [-0.1, -0.05) is 11.8 Å². The van der Waals surface area contributed by atoms with E-state index in [0.717, 1.165) is 16.4 Å². The summed E-state index contributed by atoms with van der Waals surface area (Å²) in [7, 11) is -4.03. The van der Waals surface area contributed by atoms with Crippen LogP contribution >= 0.6 is 0 Å². The number of aliphatic hydroxyl groups is 2. The van der Waals surface area contributed by atoms with Crippen molar-refractivity contribution < 1.29 is 23.0 Å². The van der Waals surface area contributed by atoms with E-state index in [4.69, 9.17) is 10.2 Å². The van der Waals surface area contributed by atoms with Gasteiger partial charge in [-0.3, -0.25) is 0 Å². The van der Waals surface area contributed by atoms with Gasteiger partial charge in [-0.05, 0) is 32.0 Å². The molecule has 1 rings (SSSR count). The number of nitrogens with zero attached hydrogens (tertiary/aromatic N) is 1. The van der Waals surface area contributed by atoms with Crippen LogP contribution < -0.4 is 0 Å². The van der Waals surface area contributed by atoms with Crippen LogP contribution in [0, 0.1) is 17.7 Å². The fourth-order valence-electron chi connectivity index (χ4n) is 1.81. The molecule has 1 aromatic rings. The molecule has 0 unspecified atom stereocenters. The van der Waals surface area contributed by atoms with Crippen LogP contribution in [0.3, 0.4) is 0 Å². The summed E-state index contributed by atoms with van der Waals surface area (Å²) in [5.74, 6) is 3.95. The zero-order chi connectivity index (χ0) is 16.0. The van der Waals surface area contributed by atoms with Gasteiger partial charge in [0.05, 0.1) is 6.61 Å². The van der Waals surface area contributed by atoms with Gasteiger partial charge in [0.15, 0.2) is 0 Å². The lowest BCUT2D eigenvalue weighted by Crippen LogP contribution is -2.39. The van der Waals surface area contributed by atoms with Gasteiger partial charge < -0.3 is 10.2 Å². The topological polar surface area (TPSA) is 77.8 Å². The Kier molecular flexibility index (Phi) is 6.30. The zero-order valence-corrected chi connectivity index (χ0v) is 12.7. The minimum Gasteiger partial charge on any atom is -0.395 e. The first-order valence-electron chi connectivity index (χ1n) is 6.36. The summed E-state index contributed by atoms with van der Waals surface area (Å²) in [6.45, 7) is 2.47. The first kappa shape index (κ1) is 17.6. The molecule has 0 atom stereocenters. The molecule has 0 aliphatic heterocycles. The molecular formula is C14H18FNO4S. The van der Waals surface area contributed by atoms with Gasteiger partial charge in [0, 0.05) is 18.2 Å². The summed E-state index contributed by atoms with van der Waals surface area (Å²) in [5, 5.41) is 17.5. The summed E-state index contributed by atoms with van der Waals surface area (Å²) in [6.07, 6.45) is 0. The van der Waals surface area contributed by atoms with E-state index < -0.39 is 26.8 Å². The van der Waals surface area contributed by atoms with Gasteiger partial charge in [0.25, 0.3) is 0 Å².